The van der Waals surface area contributed by atoms with Crippen LogP contribution in [0.5, 0.6) is 0 Å². The van der Waals surface area contributed by atoms with Crippen LogP contribution in [-0.2, 0) is 11.8 Å². The van der Waals surface area contributed by atoms with E-state index in [1.807, 2.05) is 6.92 Å². The van der Waals surface area contributed by atoms with Crippen molar-refractivity contribution in [2.45, 2.75) is 95.4 Å². The first kappa shape index (κ1) is 18.5. The first-order valence-corrected chi connectivity index (χ1v) is 11.0. The molecule has 0 saturated carbocycles. The van der Waals surface area contributed by atoms with Crippen molar-refractivity contribution in [1.29, 1.82) is 0 Å². The lowest BCUT2D eigenvalue weighted by molar-refractivity contribution is -0.0512. The molecular formula is C24H34N2O2. The minimum absolute atomic E-state index is 0.0373. The summed E-state index contributed by atoms with van der Waals surface area (Å²) in [5.74, 6) is 0. The van der Waals surface area contributed by atoms with Crippen molar-refractivity contribution >= 4 is 6.03 Å². The summed E-state index contributed by atoms with van der Waals surface area (Å²) in [6, 6.07) is 9.72. The van der Waals surface area contributed by atoms with Gasteiger partial charge >= 0.3 is 6.03 Å². The zero-order valence-electron chi connectivity index (χ0n) is 17.7. The molecule has 3 heterocycles. The van der Waals surface area contributed by atoms with Crippen LogP contribution < -0.4 is 0 Å². The van der Waals surface area contributed by atoms with Gasteiger partial charge in [0.05, 0.1) is 5.60 Å². The Hall–Kier alpha value is -1.55. The van der Waals surface area contributed by atoms with Crippen molar-refractivity contribution in [1.82, 2.24) is 9.80 Å². The number of carbonyl (C=O) groups excluding carboxylic acids is 1. The largest absolute Gasteiger partial charge is 0.390 e. The van der Waals surface area contributed by atoms with Gasteiger partial charge in [0.15, 0.2) is 0 Å². The molecule has 1 aromatic carbocycles. The Morgan fingerprint density at radius 2 is 1.71 bits per heavy atom. The predicted octanol–water partition coefficient (Wildman–Crippen LogP) is 4.10. The zero-order chi connectivity index (χ0) is 19.9. The molecule has 4 heteroatoms. The summed E-state index contributed by atoms with van der Waals surface area (Å²) in [5.41, 5.74) is 2.42. The Bertz CT molecular complexity index is 801. The van der Waals surface area contributed by atoms with Crippen LogP contribution >= 0.6 is 0 Å². The lowest BCUT2D eigenvalue weighted by Gasteiger charge is -2.61. The van der Waals surface area contributed by atoms with Gasteiger partial charge in [0.2, 0.25) is 0 Å². The van der Waals surface area contributed by atoms with Crippen LogP contribution in [0.3, 0.4) is 0 Å². The van der Waals surface area contributed by atoms with Crippen LogP contribution in [0.25, 0.3) is 0 Å². The van der Waals surface area contributed by atoms with Gasteiger partial charge in [-0.05, 0) is 62.0 Å². The average molecular weight is 383 g/mol. The van der Waals surface area contributed by atoms with Crippen LogP contribution in [0.15, 0.2) is 24.3 Å². The quantitative estimate of drug-likeness (QED) is 0.734. The van der Waals surface area contributed by atoms with E-state index in [1.54, 1.807) is 0 Å². The topological polar surface area (TPSA) is 43.8 Å². The normalized spacial score (nSPS) is 41.0. The molecule has 3 fully saturated rings. The van der Waals surface area contributed by atoms with E-state index in [2.05, 4.69) is 54.8 Å². The number of urea groups is 1. The molecular weight excluding hydrogens is 348 g/mol. The van der Waals surface area contributed by atoms with E-state index >= 15 is 0 Å². The molecule has 0 unspecified atom stereocenters. The number of nitrogens with zero attached hydrogens (tertiary/aromatic N) is 2. The van der Waals surface area contributed by atoms with E-state index in [0.717, 1.165) is 45.1 Å². The number of carbonyl (C=O) groups is 1. The Morgan fingerprint density at radius 1 is 1.07 bits per heavy atom. The highest BCUT2D eigenvalue weighted by molar-refractivity contribution is 5.77. The lowest BCUT2D eigenvalue weighted by atomic mass is 9.51. The summed E-state index contributed by atoms with van der Waals surface area (Å²) in [5, 5.41) is 10.6. The highest BCUT2D eigenvalue weighted by Crippen LogP contribution is 2.56. The minimum Gasteiger partial charge on any atom is -0.390 e. The van der Waals surface area contributed by atoms with Crippen LogP contribution in [0.1, 0.15) is 70.9 Å². The van der Waals surface area contributed by atoms with E-state index < -0.39 is 5.60 Å². The molecule has 28 heavy (non-hydrogen) atoms. The number of benzene rings is 1. The summed E-state index contributed by atoms with van der Waals surface area (Å²) < 4.78 is 0. The SMILES string of the molecule is CC1(C)[C@H]2Cc3ccccc3[C@]1(C)CCN2C(=O)N1[C@@H]2CC[C@H]1C[C@](C)(O)C2. The fourth-order valence-corrected chi connectivity index (χ4v) is 7.02. The second kappa shape index (κ2) is 5.75. The van der Waals surface area contributed by atoms with Gasteiger partial charge in [0, 0.05) is 30.1 Å². The molecule has 1 aliphatic carbocycles. The number of fused-ring (bicyclic) bond motifs is 6. The number of likely N-dealkylation sites (tertiary alicyclic amines) is 1. The van der Waals surface area contributed by atoms with Gasteiger partial charge in [-0.15, -0.1) is 0 Å². The molecule has 2 amide bonds. The highest BCUT2D eigenvalue weighted by atomic mass is 16.3. The van der Waals surface area contributed by atoms with Crippen LogP contribution in [0.2, 0.25) is 0 Å². The standard InChI is InChI=1S/C24H34N2O2/c1-22(2)20-13-16-7-5-6-8-19(16)24(22,4)11-12-25(20)21(27)26-17-9-10-18(26)15-23(3,28)14-17/h5-8,17-18,20,28H,9-15H2,1-4H3/t17-,18+,20-,23-,24+/m1/s1. The second-order valence-electron chi connectivity index (χ2n) is 10.9. The van der Waals surface area contributed by atoms with Crippen LogP contribution in [0, 0.1) is 5.41 Å². The fraction of sp³-hybridized carbons (Fsp3) is 0.708. The number of rotatable bonds is 0. The van der Waals surface area contributed by atoms with Crippen molar-refractivity contribution in [3.05, 3.63) is 35.4 Å². The van der Waals surface area contributed by atoms with Gasteiger partial charge in [-0.1, -0.05) is 45.0 Å². The van der Waals surface area contributed by atoms with Crippen LogP contribution in [0.4, 0.5) is 4.79 Å². The maximum absolute atomic E-state index is 13.8. The molecule has 152 valence electrons. The van der Waals surface area contributed by atoms with Gasteiger partial charge < -0.3 is 14.9 Å². The van der Waals surface area contributed by atoms with E-state index in [4.69, 9.17) is 0 Å². The Kier molecular flexibility index (Phi) is 3.79. The van der Waals surface area contributed by atoms with E-state index in [0.29, 0.717) is 0 Å². The molecule has 0 spiro atoms. The smallest absolute Gasteiger partial charge is 0.320 e. The maximum Gasteiger partial charge on any atom is 0.320 e. The fourth-order valence-electron chi connectivity index (χ4n) is 7.02. The van der Waals surface area contributed by atoms with Crippen molar-refractivity contribution in [3.8, 4) is 0 Å². The van der Waals surface area contributed by atoms with Crippen molar-refractivity contribution in [3.63, 3.8) is 0 Å². The third-order valence-electron chi connectivity index (χ3n) is 8.95. The van der Waals surface area contributed by atoms with Gasteiger partial charge in [-0.2, -0.15) is 0 Å². The molecule has 3 aliphatic heterocycles. The number of hydrogen-bond acceptors (Lipinski definition) is 2. The highest BCUT2D eigenvalue weighted by Gasteiger charge is 2.58. The predicted molar refractivity (Wildman–Crippen MR) is 110 cm³/mol. The number of hydrogen-bond donors (Lipinski definition) is 1. The van der Waals surface area contributed by atoms with Crippen molar-refractivity contribution < 1.29 is 9.90 Å². The van der Waals surface area contributed by atoms with E-state index in [-0.39, 0.29) is 35.0 Å². The molecule has 4 bridgehead atoms. The molecule has 4 nitrogen and oxygen atoms in total. The van der Waals surface area contributed by atoms with Crippen molar-refractivity contribution in [2.24, 2.45) is 5.41 Å². The number of aliphatic hydroxyl groups is 1. The number of amides is 2. The average Bonchev–Trinajstić information content (AvgIpc) is 2.90. The number of piperidine rings is 2. The molecule has 1 N–H and O–H groups in total. The Morgan fingerprint density at radius 3 is 2.39 bits per heavy atom. The lowest BCUT2D eigenvalue weighted by Crippen LogP contribution is -2.67. The molecule has 0 radical (unpaired) electrons. The third kappa shape index (κ3) is 2.36. The first-order valence-electron chi connectivity index (χ1n) is 11.0. The maximum atomic E-state index is 13.8. The molecule has 3 saturated heterocycles. The van der Waals surface area contributed by atoms with Gasteiger partial charge in [0.1, 0.15) is 0 Å². The molecule has 5 atom stereocenters. The Balaban J connectivity index is 1.48. The zero-order valence-corrected chi connectivity index (χ0v) is 17.7. The molecule has 5 rings (SSSR count). The minimum atomic E-state index is -0.619. The van der Waals surface area contributed by atoms with E-state index in [9.17, 15) is 9.90 Å². The van der Waals surface area contributed by atoms with Gasteiger partial charge in [-0.25, -0.2) is 4.79 Å². The summed E-state index contributed by atoms with van der Waals surface area (Å²) >= 11 is 0. The molecule has 4 aliphatic rings. The van der Waals surface area contributed by atoms with Gasteiger partial charge in [-0.3, -0.25) is 0 Å². The summed E-state index contributed by atoms with van der Waals surface area (Å²) in [4.78, 5) is 18.1. The summed E-state index contributed by atoms with van der Waals surface area (Å²) in [7, 11) is 0. The monoisotopic (exact) mass is 382 g/mol. The van der Waals surface area contributed by atoms with Crippen molar-refractivity contribution in [2.75, 3.05) is 6.54 Å². The molecule has 0 aromatic heterocycles. The second-order valence-corrected chi connectivity index (χ2v) is 10.9. The van der Waals surface area contributed by atoms with Gasteiger partial charge in [0.25, 0.3) is 0 Å². The first-order chi connectivity index (χ1) is 13.1. The van der Waals surface area contributed by atoms with Crippen LogP contribution in [-0.4, -0.2) is 51.2 Å². The Labute approximate surface area is 168 Å². The summed E-state index contributed by atoms with van der Waals surface area (Å²) in [6.07, 6.45) is 5.48. The summed E-state index contributed by atoms with van der Waals surface area (Å²) in [6.45, 7) is 9.91. The molecule has 1 aromatic rings. The third-order valence-corrected chi connectivity index (χ3v) is 8.95. The van der Waals surface area contributed by atoms with E-state index in [1.165, 1.54) is 11.1 Å².